The first-order valence-electron chi connectivity index (χ1n) is 8.11. The van der Waals surface area contributed by atoms with E-state index in [4.69, 9.17) is 39.4 Å². The number of halogens is 2. The van der Waals surface area contributed by atoms with Gasteiger partial charge in [0.15, 0.2) is 6.17 Å². The second-order valence-electron chi connectivity index (χ2n) is 5.70. The molecule has 0 aromatic heterocycles. The van der Waals surface area contributed by atoms with Gasteiger partial charge < -0.3 is 21.1 Å². The van der Waals surface area contributed by atoms with Crippen LogP contribution in [0, 0.1) is 0 Å². The molecule has 4 N–H and O–H groups in total. The Morgan fingerprint density at radius 1 is 1.04 bits per heavy atom. The lowest BCUT2D eigenvalue weighted by Crippen LogP contribution is -2.45. The van der Waals surface area contributed by atoms with Crippen LogP contribution in [0.5, 0.6) is 5.75 Å². The molecule has 0 radical (unpaired) electrons. The summed E-state index contributed by atoms with van der Waals surface area (Å²) in [4.78, 5) is 10.3. The van der Waals surface area contributed by atoms with Gasteiger partial charge in [-0.05, 0) is 36.8 Å². The molecule has 1 heterocycles. The predicted octanol–water partition coefficient (Wildman–Crippen LogP) is 3.41. The lowest BCUT2D eigenvalue weighted by molar-refractivity contribution is 0.258. The molecule has 8 heteroatoms. The fraction of sp³-hybridized carbons (Fsp3) is 0.222. The van der Waals surface area contributed by atoms with E-state index in [2.05, 4.69) is 9.98 Å². The summed E-state index contributed by atoms with van der Waals surface area (Å²) in [6.07, 6.45) is 0.312. The Morgan fingerprint density at radius 2 is 1.77 bits per heavy atom. The number of guanidine groups is 2. The average Bonchev–Trinajstić information content (AvgIpc) is 2.62. The summed E-state index contributed by atoms with van der Waals surface area (Å²) in [5.41, 5.74) is 12.7. The van der Waals surface area contributed by atoms with Crippen LogP contribution >= 0.6 is 23.2 Å². The third-order valence-electron chi connectivity index (χ3n) is 3.88. The van der Waals surface area contributed by atoms with Crippen molar-refractivity contribution in [1.82, 2.24) is 4.90 Å². The van der Waals surface area contributed by atoms with Crippen LogP contribution in [-0.2, 0) is 0 Å². The molecule has 3 rings (SSSR count). The summed E-state index contributed by atoms with van der Waals surface area (Å²) in [6.45, 7) is 1.11. The van der Waals surface area contributed by atoms with Crippen LogP contribution in [0.25, 0.3) is 0 Å². The number of nitrogens with two attached hydrogens (primary N) is 2. The number of hydrogen-bond donors (Lipinski definition) is 2. The highest BCUT2D eigenvalue weighted by Crippen LogP contribution is 2.30. The first-order valence-corrected chi connectivity index (χ1v) is 8.87. The van der Waals surface area contributed by atoms with Gasteiger partial charge >= 0.3 is 0 Å². The van der Waals surface area contributed by atoms with E-state index in [-0.39, 0.29) is 5.96 Å². The summed E-state index contributed by atoms with van der Waals surface area (Å²) in [7, 11) is 0. The average molecular weight is 392 g/mol. The van der Waals surface area contributed by atoms with Gasteiger partial charge in [-0.15, -0.1) is 0 Å². The van der Waals surface area contributed by atoms with Gasteiger partial charge in [-0.25, -0.2) is 4.99 Å². The van der Waals surface area contributed by atoms with Crippen LogP contribution in [0.2, 0.25) is 10.0 Å². The number of rotatable bonds is 6. The maximum absolute atomic E-state index is 6.32. The van der Waals surface area contributed by atoms with E-state index < -0.39 is 6.17 Å². The molecule has 0 saturated carbocycles. The molecule has 0 amide bonds. The molecule has 0 spiro atoms. The van der Waals surface area contributed by atoms with Crippen molar-refractivity contribution in [2.75, 3.05) is 13.2 Å². The number of aliphatic imine (C=N–C) groups is 2. The maximum Gasteiger partial charge on any atom is 0.220 e. The molecule has 1 aliphatic heterocycles. The van der Waals surface area contributed by atoms with Gasteiger partial charge in [0, 0.05) is 22.2 Å². The monoisotopic (exact) mass is 391 g/mol. The zero-order valence-electron chi connectivity index (χ0n) is 14.0. The number of hydrogen-bond acceptors (Lipinski definition) is 6. The summed E-state index contributed by atoms with van der Waals surface area (Å²) < 4.78 is 5.72. The SMILES string of the molecule is NC1=NC(c2ccccc2Cl)N(CCCOc2ccc(Cl)cc2)C(N)=N1. The number of ether oxygens (including phenoxy) is 1. The molecule has 1 aliphatic rings. The minimum Gasteiger partial charge on any atom is -0.494 e. The van der Waals surface area contributed by atoms with Gasteiger partial charge in [0.25, 0.3) is 0 Å². The van der Waals surface area contributed by atoms with Gasteiger partial charge in [0.05, 0.1) is 6.61 Å². The topological polar surface area (TPSA) is 89.2 Å². The second-order valence-corrected chi connectivity index (χ2v) is 6.55. The Balaban J connectivity index is 1.65. The molecule has 6 nitrogen and oxygen atoms in total. The molecule has 136 valence electrons. The van der Waals surface area contributed by atoms with Gasteiger partial charge in [0.2, 0.25) is 11.9 Å². The molecule has 0 bridgehead atoms. The Kier molecular flexibility index (Phi) is 5.85. The van der Waals surface area contributed by atoms with Crippen LogP contribution in [0.4, 0.5) is 0 Å². The fourth-order valence-corrected chi connectivity index (χ4v) is 3.00. The maximum atomic E-state index is 6.32. The van der Waals surface area contributed by atoms with Crippen LogP contribution in [0.3, 0.4) is 0 Å². The summed E-state index contributed by atoms with van der Waals surface area (Å²) in [6, 6.07) is 14.7. The molecule has 2 aromatic rings. The highest BCUT2D eigenvalue weighted by molar-refractivity contribution is 6.31. The fourth-order valence-electron chi connectivity index (χ4n) is 2.65. The molecular formula is C18H19Cl2N5O. The molecule has 0 aliphatic carbocycles. The third kappa shape index (κ3) is 4.39. The van der Waals surface area contributed by atoms with Crippen LogP contribution in [-0.4, -0.2) is 30.0 Å². The van der Waals surface area contributed by atoms with Crippen molar-refractivity contribution in [2.24, 2.45) is 21.5 Å². The van der Waals surface area contributed by atoms with Gasteiger partial charge in [-0.2, -0.15) is 4.99 Å². The Bertz CT molecular complexity index is 823. The van der Waals surface area contributed by atoms with E-state index in [0.29, 0.717) is 29.2 Å². The van der Waals surface area contributed by atoms with Crippen molar-refractivity contribution < 1.29 is 4.74 Å². The molecule has 26 heavy (non-hydrogen) atoms. The van der Waals surface area contributed by atoms with Gasteiger partial charge in [0.1, 0.15) is 5.75 Å². The van der Waals surface area contributed by atoms with E-state index in [1.165, 1.54) is 0 Å². The van der Waals surface area contributed by atoms with Crippen LogP contribution in [0.15, 0.2) is 58.5 Å². The van der Waals surface area contributed by atoms with E-state index >= 15 is 0 Å². The first-order chi connectivity index (χ1) is 12.5. The van der Waals surface area contributed by atoms with E-state index in [0.717, 1.165) is 17.7 Å². The van der Waals surface area contributed by atoms with Crippen molar-refractivity contribution in [2.45, 2.75) is 12.6 Å². The molecule has 2 aromatic carbocycles. The zero-order chi connectivity index (χ0) is 18.5. The van der Waals surface area contributed by atoms with E-state index in [9.17, 15) is 0 Å². The normalized spacial score (nSPS) is 16.8. The van der Waals surface area contributed by atoms with Crippen molar-refractivity contribution in [3.8, 4) is 5.75 Å². The van der Waals surface area contributed by atoms with E-state index in [1.54, 1.807) is 12.1 Å². The minimum absolute atomic E-state index is 0.140. The van der Waals surface area contributed by atoms with Crippen LogP contribution in [0.1, 0.15) is 18.2 Å². The standard InChI is InChI=1S/C18H19Cl2N5O/c19-12-6-8-13(9-7-12)26-11-3-10-25-16(23-17(21)24-18(25)22)14-4-1-2-5-15(14)20/h1-2,4-9,16H,3,10-11H2,(H4,21,22,23,24). The van der Waals surface area contributed by atoms with Gasteiger partial charge in [-0.1, -0.05) is 41.4 Å². The minimum atomic E-state index is -0.406. The molecule has 0 fully saturated rings. The number of nitrogens with zero attached hydrogens (tertiary/aromatic N) is 3. The highest BCUT2D eigenvalue weighted by Gasteiger charge is 2.27. The Morgan fingerprint density at radius 3 is 2.50 bits per heavy atom. The quantitative estimate of drug-likeness (QED) is 0.738. The summed E-state index contributed by atoms with van der Waals surface area (Å²) in [5.74, 6) is 1.22. The number of benzene rings is 2. The molecule has 0 saturated heterocycles. The van der Waals surface area contributed by atoms with E-state index in [1.807, 2.05) is 41.3 Å². The predicted molar refractivity (Wildman–Crippen MR) is 106 cm³/mol. The van der Waals surface area contributed by atoms with Crippen molar-refractivity contribution in [1.29, 1.82) is 0 Å². The third-order valence-corrected chi connectivity index (χ3v) is 4.48. The smallest absolute Gasteiger partial charge is 0.220 e. The van der Waals surface area contributed by atoms with Crippen molar-refractivity contribution in [3.63, 3.8) is 0 Å². The van der Waals surface area contributed by atoms with Crippen molar-refractivity contribution >= 4 is 35.1 Å². The highest BCUT2D eigenvalue weighted by atomic mass is 35.5. The molecular weight excluding hydrogens is 373 g/mol. The molecule has 1 unspecified atom stereocenters. The summed E-state index contributed by atoms with van der Waals surface area (Å²) in [5, 5.41) is 1.28. The Hall–Kier alpha value is -2.44. The largest absolute Gasteiger partial charge is 0.494 e. The van der Waals surface area contributed by atoms with Crippen molar-refractivity contribution in [3.05, 3.63) is 64.1 Å². The van der Waals surface area contributed by atoms with Crippen LogP contribution < -0.4 is 16.2 Å². The van der Waals surface area contributed by atoms with Gasteiger partial charge in [-0.3, -0.25) is 0 Å². The Labute approximate surface area is 162 Å². The lowest BCUT2D eigenvalue weighted by Gasteiger charge is -2.33. The first kappa shape index (κ1) is 18.4. The second kappa shape index (κ2) is 8.29. The summed E-state index contributed by atoms with van der Waals surface area (Å²) >= 11 is 12.2. The molecule has 1 atom stereocenters. The zero-order valence-corrected chi connectivity index (χ0v) is 15.5. The lowest BCUT2D eigenvalue weighted by atomic mass is 10.1.